The molecule has 2 atom stereocenters. The Bertz CT molecular complexity index is 741. The minimum atomic E-state index is -0.462. The molecule has 2 unspecified atom stereocenters. The predicted molar refractivity (Wildman–Crippen MR) is 85.9 cm³/mol. The number of hydrogen-bond acceptors (Lipinski definition) is 3. The lowest BCUT2D eigenvalue weighted by molar-refractivity contribution is -0.122. The van der Waals surface area contributed by atoms with Gasteiger partial charge in [0.2, 0.25) is 11.9 Å². The zero-order valence-electron chi connectivity index (χ0n) is 12.5. The third kappa shape index (κ3) is 3.42. The Balaban J connectivity index is 1.55. The van der Waals surface area contributed by atoms with Gasteiger partial charge in [0, 0.05) is 17.5 Å². The van der Waals surface area contributed by atoms with Crippen molar-refractivity contribution >= 4 is 23.7 Å². The second-order valence-corrected chi connectivity index (χ2v) is 5.88. The van der Waals surface area contributed by atoms with E-state index in [4.69, 9.17) is 11.6 Å². The Labute approximate surface area is 138 Å². The molecule has 0 spiro atoms. The summed E-state index contributed by atoms with van der Waals surface area (Å²) in [5.74, 6) is -0.529. The molecule has 7 heteroatoms. The largest absolute Gasteiger partial charge is 0.273 e. The Kier molecular flexibility index (Phi) is 4.43. The minimum absolute atomic E-state index is 0.100. The molecular formula is C16H16ClFN4O. The number of halogens is 2. The number of hydrogen-bond donors (Lipinski definition) is 1. The number of hydrazone groups is 1. The topological polar surface area (TPSA) is 59.3 Å². The lowest BCUT2D eigenvalue weighted by atomic mass is 10.1. The second kappa shape index (κ2) is 6.50. The van der Waals surface area contributed by atoms with E-state index in [1.807, 2.05) is 24.3 Å². The van der Waals surface area contributed by atoms with Crippen LogP contribution in [0.25, 0.3) is 0 Å². The van der Waals surface area contributed by atoms with Gasteiger partial charge in [0.25, 0.3) is 0 Å². The van der Waals surface area contributed by atoms with Crippen molar-refractivity contribution in [3.63, 3.8) is 0 Å². The summed E-state index contributed by atoms with van der Waals surface area (Å²) in [7, 11) is 0. The van der Waals surface area contributed by atoms with E-state index < -0.39 is 5.95 Å². The molecule has 0 radical (unpaired) electrons. The molecule has 5 nitrogen and oxygen atoms in total. The van der Waals surface area contributed by atoms with Crippen LogP contribution in [-0.2, 0) is 11.3 Å². The lowest BCUT2D eigenvalue weighted by Gasteiger charge is -2.00. The molecule has 120 valence electrons. The summed E-state index contributed by atoms with van der Waals surface area (Å²) in [6.45, 7) is 2.24. The number of benzene rings is 1. The van der Waals surface area contributed by atoms with Crippen LogP contribution in [0.2, 0.25) is 5.02 Å². The van der Waals surface area contributed by atoms with E-state index >= 15 is 0 Å². The van der Waals surface area contributed by atoms with Crippen LogP contribution >= 0.6 is 11.6 Å². The third-order valence-corrected chi connectivity index (χ3v) is 4.16. The molecule has 1 saturated carbocycles. The number of nitrogens with one attached hydrogen (secondary N) is 1. The van der Waals surface area contributed by atoms with Gasteiger partial charge < -0.3 is 0 Å². The summed E-state index contributed by atoms with van der Waals surface area (Å²) in [6.07, 6.45) is 3.43. The van der Waals surface area contributed by atoms with Crippen molar-refractivity contribution < 1.29 is 9.18 Å². The lowest BCUT2D eigenvalue weighted by Crippen LogP contribution is -2.20. The first-order chi connectivity index (χ1) is 11.1. The summed E-state index contributed by atoms with van der Waals surface area (Å²) < 4.78 is 15.0. The van der Waals surface area contributed by atoms with Gasteiger partial charge in [-0.1, -0.05) is 23.7 Å². The first kappa shape index (κ1) is 15.7. The molecule has 0 saturated heterocycles. The fourth-order valence-electron chi connectivity index (χ4n) is 2.50. The van der Waals surface area contributed by atoms with E-state index in [2.05, 4.69) is 15.6 Å². The van der Waals surface area contributed by atoms with Gasteiger partial charge in [-0.2, -0.15) is 14.6 Å². The average Bonchev–Trinajstić information content (AvgIpc) is 3.27. The van der Waals surface area contributed by atoms with E-state index in [0.29, 0.717) is 11.6 Å². The third-order valence-electron chi connectivity index (χ3n) is 3.90. The van der Waals surface area contributed by atoms with Crippen LogP contribution in [-0.4, -0.2) is 21.9 Å². The first-order valence-electron chi connectivity index (χ1n) is 7.39. The summed E-state index contributed by atoms with van der Waals surface area (Å²) in [6, 6.07) is 7.49. The van der Waals surface area contributed by atoms with Crippen molar-refractivity contribution in [3.8, 4) is 0 Å². The van der Waals surface area contributed by atoms with Crippen LogP contribution < -0.4 is 5.43 Å². The van der Waals surface area contributed by atoms with Gasteiger partial charge in [0.05, 0.1) is 18.0 Å². The Morgan fingerprint density at radius 2 is 2.26 bits per heavy atom. The van der Waals surface area contributed by atoms with Gasteiger partial charge in [-0.25, -0.2) is 10.1 Å². The van der Waals surface area contributed by atoms with Crippen LogP contribution in [0.15, 0.2) is 35.6 Å². The summed E-state index contributed by atoms with van der Waals surface area (Å²) in [5, 5.41) is 8.36. The number of aryl methyl sites for hydroxylation is 1. The second-order valence-electron chi connectivity index (χ2n) is 5.44. The summed E-state index contributed by atoms with van der Waals surface area (Å²) in [4.78, 5) is 12.0. The maximum Gasteiger partial charge on any atom is 0.243 e. The van der Waals surface area contributed by atoms with E-state index in [1.165, 1.54) is 17.1 Å². The fourth-order valence-corrected chi connectivity index (χ4v) is 2.63. The van der Waals surface area contributed by atoms with Crippen LogP contribution in [0, 0.1) is 11.9 Å². The molecule has 0 aliphatic heterocycles. The highest BCUT2D eigenvalue weighted by Gasteiger charge is 2.43. The number of carbonyl (C=O) groups excluding carboxylic acids is 1. The van der Waals surface area contributed by atoms with Crippen LogP contribution in [0.3, 0.4) is 0 Å². The monoisotopic (exact) mass is 334 g/mol. The quantitative estimate of drug-likeness (QED) is 0.675. The van der Waals surface area contributed by atoms with Gasteiger partial charge in [-0.05, 0) is 37.0 Å². The van der Waals surface area contributed by atoms with E-state index in [-0.39, 0.29) is 23.3 Å². The SMILES string of the molecule is CCn1ncc(C=NNC(=O)C2CC2c2ccc(Cl)cc2)c1F. The van der Waals surface area contributed by atoms with Gasteiger partial charge in [0.1, 0.15) is 0 Å². The number of rotatable bonds is 5. The van der Waals surface area contributed by atoms with Crippen molar-refractivity contribution in [2.45, 2.75) is 25.8 Å². The predicted octanol–water partition coefficient (Wildman–Crippen LogP) is 2.95. The number of amides is 1. The molecule has 1 fully saturated rings. The first-order valence-corrected chi connectivity index (χ1v) is 7.77. The van der Waals surface area contributed by atoms with Crippen LogP contribution in [0.5, 0.6) is 0 Å². The molecule has 3 rings (SSSR count). The van der Waals surface area contributed by atoms with E-state index in [1.54, 1.807) is 6.92 Å². The van der Waals surface area contributed by atoms with Gasteiger partial charge in [0.15, 0.2) is 0 Å². The maximum atomic E-state index is 13.7. The molecule has 1 aromatic carbocycles. The molecule has 1 heterocycles. The van der Waals surface area contributed by atoms with Crippen molar-refractivity contribution in [1.29, 1.82) is 0 Å². The Hall–Kier alpha value is -2.21. The van der Waals surface area contributed by atoms with Crippen LogP contribution in [0.4, 0.5) is 4.39 Å². The molecule has 1 aromatic heterocycles. The average molecular weight is 335 g/mol. The summed E-state index contributed by atoms with van der Waals surface area (Å²) >= 11 is 5.85. The molecule has 1 amide bonds. The van der Waals surface area contributed by atoms with Crippen molar-refractivity contribution in [3.05, 3.63) is 52.6 Å². The molecular weight excluding hydrogens is 319 g/mol. The highest BCUT2D eigenvalue weighted by molar-refractivity contribution is 6.30. The van der Waals surface area contributed by atoms with E-state index in [9.17, 15) is 9.18 Å². The molecule has 1 N–H and O–H groups in total. The maximum absolute atomic E-state index is 13.7. The number of carbonyl (C=O) groups is 1. The van der Waals surface area contributed by atoms with E-state index in [0.717, 1.165) is 12.0 Å². The summed E-state index contributed by atoms with van der Waals surface area (Å²) in [5.41, 5.74) is 3.80. The van der Waals surface area contributed by atoms with Gasteiger partial charge in [-0.3, -0.25) is 4.79 Å². The molecule has 1 aliphatic carbocycles. The molecule has 23 heavy (non-hydrogen) atoms. The number of nitrogens with zero attached hydrogens (tertiary/aromatic N) is 3. The molecule has 2 aromatic rings. The standard InChI is InChI=1S/C16H16ClFN4O/c1-2-22-15(18)11(9-20-22)8-19-21-16(23)14-7-13(14)10-3-5-12(17)6-4-10/h3-6,8-9,13-14H,2,7H2,1H3,(H,21,23). The zero-order chi connectivity index (χ0) is 16.4. The Morgan fingerprint density at radius 1 is 1.52 bits per heavy atom. The molecule has 0 bridgehead atoms. The van der Waals surface area contributed by atoms with Crippen molar-refractivity contribution in [2.24, 2.45) is 11.0 Å². The smallest absolute Gasteiger partial charge is 0.243 e. The van der Waals surface area contributed by atoms with Crippen molar-refractivity contribution in [1.82, 2.24) is 15.2 Å². The Morgan fingerprint density at radius 3 is 2.91 bits per heavy atom. The van der Waals surface area contributed by atoms with Crippen molar-refractivity contribution in [2.75, 3.05) is 0 Å². The minimum Gasteiger partial charge on any atom is -0.273 e. The fraction of sp³-hybridized carbons (Fsp3) is 0.312. The van der Waals surface area contributed by atoms with Gasteiger partial charge in [-0.15, -0.1) is 0 Å². The highest BCUT2D eigenvalue weighted by Crippen LogP contribution is 2.47. The highest BCUT2D eigenvalue weighted by atomic mass is 35.5. The number of aromatic nitrogens is 2. The normalized spacial score (nSPS) is 20.0. The molecule has 1 aliphatic rings. The van der Waals surface area contributed by atoms with Gasteiger partial charge >= 0.3 is 0 Å². The zero-order valence-corrected chi connectivity index (χ0v) is 13.3. The van der Waals surface area contributed by atoms with Crippen LogP contribution in [0.1, 0.15) is 30.4 Å².